The van der Waals surface area contributed by atoms with Gasteiger partial charge in [-0.2, -0.15) is 0 Å². The Bertz CT molecular complexity index is 599. The number of methoxy groups -OCH3 is 1. The molecular formula is C13H9Cl2NO2. The summed E-state index contributed by atoms with van der Waals surface area (Å²) < 4.78 is 4.57. The fraction of sp³-hybridized carbons (Fsp3) is 0.0769. The van der Waals surface area contributed by atoms with Crippen molar-refractivity contribution in [3.05, 3.63) is 52.3 Å². The number of benzene rings is 1. The van der Waals surface area contributed by atoms with Gasteiger partial charge in [0.15, 0.2) is 5.69 Å². The summed E-state index contributed by atoms with van der Waals surface area (Å²) in [7, 11) is 1.28. The fourth-order valence-electron chi connectivity index (χ4n) is 1.51. The van der Waals surface area contributed by atoms with Gasteiger partial charge in [0.25, 0.3) is 0 Å². The van der Waals surface area contributed by atoms with Gasteiger partial charge in [0, 0.05) is 16.8 Å². The molecule has 1 aromatic heterocycles. The van der Waals surface area contributed by atoms with Crippen LogP contribution in [0.5, 0.6) is 0 Å². The van der Waals surface area contributed by atoms with Crippen molar-refractivity contribution in [3.8, 4) is 11.1 Å². The first-order valence-corrected chi connectivity index (χ1v) is 5.87. The topological polar surface area (TPSA) is 39.2 Å². The number of hydrogen-bond donors (Lipinski definition) is 0. The lowest BCUT2D eigenvalue weighted by atomic mass is 10.1. The zero-order valence-electron chi connectivity index (χ0n) is 9.48. The van der Waals surface area contributed by atoms with Crippen LogP contribution in [0.4, 0.5) is 0 Å². The highest BCUT2D eigenvalue weighted by atomic mass is 35.5. The summed E-state index contributed by atoms with van der Waals surface area (Å²) in [4.78, 5) is 15.4. The third-order valence-corrected chi connectivity index (χ3v) is 2.90. The molecule has 0 aliphatic carbocycles. The maximum absolute atomic E-state index is 11.3. The Balaban J connectivity index is 2.43. The normalized spacial score (nSPS) is 10.2. The van der Waals surface area contributed by atoms with E-state index in [0.29, 0.717) is 5.02 Å². The van der Waals surface area contributed by atoms with Crippen LogP contribution in [0, 0.1) is 0 Å². The molecule has 0 spiro atoms. The van der Waals surface area contributed by atoms with Crippen LogP contribution < -0.4 is 0 Å². The van der Waals surface area contributed by atoms with Crippen molar-refractivity contribution < 1.29 is 9.53 Å². The van der Waals surface area contributed by atoms with Gasteiger partial charge in [-0.1, -0.05) is 35.3 Å². The second-order valence-corrected chi connectivity index (χ2v) is 4.40. The highest BCUT2D eigenvalue weighted by molar-refractivity contribution is 6.33. The number of halogens is 2. The fourth-order valence-corrected chi connectivity index (χ4v) is 1.94. The predicted octanol–water partition coefficient (Wildman–Crippen LogP) is 3.84. The number of ether oxygens (including phenoxy) is 1. The van der Waals surface area contributed by atoms with Crippen molar-refractivity contribution in [1.29, 1.82) is 0 Å². The smallest absolute Gasteiger partial charge is 0.358 e. The van der Waals surface area contributed by atoms with Crippen LogP contribution in [0.1, 0.15) is 10.5 Å². The summed E-state index contributed by atoms with van der Waals surface area (Å²) in [5.41, 5.74) is 1.77. The first-order chi connectivity index (χ1) is 8.61. The molecule has 1 aromatic carbocycles. The number of esters is 1. The van der Waals surface area contributed by atoms with E-state index in [9.17, 15) is 4.79 Å². The molecule has 5 heteroatoms. The minimum atomic E-state index is -0.558. The molecule has 0 atom stereocenters. The van der Waals surface area contributed by atoms with Crippen LogP contribution >= 0.6 is 23.2 Å². The molecule has 0 fully saturated rings. The van der Waals surface area contributed by atoms with E-state index < -0.39 is 5.97 Å². The SMILES string of the molecule is COC(=O)c1ncc(-c2cccc(Cl)c2)cc1Cl. The molecule has 0 aliphatic rings. The second-order valence-electron chi connectivity index (χ2n) is 3.56. The Labute approximate surface area is 114 Å². The van der Waals surface area contributed by atoms with Gasteiger partial charge in [0.2, 0.25) is 0 Å². The molecule has 2 aromatic rings. The first-order valence-electron chi connectivity index (χ1n) is 5.11. The van der Waals surface area contributed by atoms with Gasteiger partial charge in [0.1, 0.15) is 0 Å². The van der Waals surface area contributed by atoms with E-state index in [4.69, 9.17) is 23.2 Å². The largest absolute Gasteiger partial charge is 0.464 e. The van der Waals surface area contributed by atoms with E-state index in [1.807, 2.05) is 12.1 Å². The summed E-state index contributed by atoms with van der Waals surface area (Å²) in [6.45, 7) is 0. The minimum absolute atomic E-state index is 0.102. The third-order valence-electron chi connectivity index (χ3n) is 2.38. The molecule has 1 heterocycles. The van der Waals surface area contributed by atoms with Crippen LogP contribution in [0.3, 0.4) is 0 Å². The van der Waals surface area contributed by atoms with E-state index in [0.717, 1.165) is 11.1 Å². The molecule has 0 N–H and O–H groups in total. The third kappa shape index (κ3) is 2.63. The van der Waals surface area contributed by atoms with Crippen molar-refractivity contribution in [2.45, 2.75) is 0 Å². The summed E-state index contributed by atoms with van der Waals surface area (Å²) in [5.74, 6) is -0.558. The number of carbonyl (C=O) groups is 1. The average molecular weight is 282 g/mol. The molecular weight excluding hydrogens is 273 g/mol. The van der Waals surface area contributed by atoms with Crippen LogP contribution in [-0.4, -0.2) is 18.1 Å². The molecule has 92 valence electrons. The van der Waals surface area contributed by atoms with Crippen LogP contribution in [0.2, 0.25) is 10.0 Å². The number of hydrogen-bond acceptors (Lipinski definition) is 3. The molecule has 2 rings (SSSR count). The molecule has 0 saturated carbocycles. The molecule has 0 amide bonds. The van der Waals surface area contributed by atoms with E-state index in [2.05, 4.69) is 9.72 Å². The molecule has 3 nitrogen and oxygen atoms in total. The second kappa shape index (κ2) is 5.38. The van der Waals surface area contributed by atoms with Crippen molar-refractivity contribution >= 4 is 29.2 Å². The van der Waals surface area contributed by atoms with E-state index in [1.165, 1.54) is 7.11 Å². The van der Waals surface area contributed by atoms with Crippen molar-refractivity contribution in [2.75, 3.05) is 7.11 Å². The Morgan fingerprint density at radius 1 is 1.22 bits per heavy atom. The summed E-state index contributed by atoms with van der Waals surface area (Å²) in [6.07, 6.45) is 1.56. The quantitative estimate of drug-likeness (QED) is 0.785. The Kier molecular flexibility index (Phi) is 3.84. The average Bonchev–Trinajstić information content (AvgIpc) is 2.37. The lowest BCUT2D eigenvalue weighted by Gasteiger charge is -2.05. The van der Waals surface area contributed by atoms with E-state index in [1.54, 1.807) is 24.4 Å². The van der Waals surface area contributed by atoms with E-state index >= 15 is 0 Å². The van der Waals surface area contributed by atoms with Crippen molar-refractivity contribution in [2.24, 2.45) is 0 Å². The number of nitrogens with zero attached hydrogens (tertiary/aromatic N) is 1. The molecule has 0 saturated heterocycles. The lowest BCUT2D eigenvalue weighted by Crippen LogP contribution is -2.05. The highest BCUT2D eigenvalue weighted by Gasteiger charge is 2.13. The lowest BCUT2D eigenvalue weighted by molar-refractivity contribution is 0.0594. The Hall–Kier alpha value is -1.58. The molecule has 0 bridgehead atoms. The van der Waals surface area contributed by atoms with Gasteiger partial charge in [-0.25, -0.2) is 9.78 Å². The zero-order valence-corrected chi connectivity index (χ0v) is 11.0. The van der Waals surface area contributed by atoms with Gasteiger partial charge < -0.3 is 4.74 Å². The molecule has 0 radical (unpaired) electrons. The maximum Gasteiger partial charge on any atom is 0.358 e. The van der Waals surface area contributed by atoms with Gasteiger partial charge in [-0.15, -0.1) is 0 Å². The maximum atomic E-state index is 11.3. The monoisotopic (exact) mass is 281 g/mol. The standard InChI is InChI=1S/C13H9Cl2NO2/c1-18-13(17)12-11(15)6-9(7-16-12)8-3-2-4-10(14)5-8/h2-7H,1H3. The van der Waals surface area contributed by atoms with Gasteiger partial charge >= 0.3 is 5.97 Å². The van der Waals surface area contributed by atoms with Gasteiger partial charge in [-0.05, 0) is 23.8 Å². The number of aromatic nitrogens is 1. The van der Waals surface area contributed by atoms with Crippen LogP contribution in [-0.2, 0) is 4.74 Å². The van der Waals surface area contributed by atoms with Crippen LogP contribution in [0.15, 0.2) is 36.5 Å². The highest BCUT2D eigenvalue weighted by Crippen LogP contribution is 2.26. The van der Waals surface area contributed by atoms with Crippen molar-refractivity contribution in [1.82, 2.24) is 4.98 Å². The number of pyridine rings is 1. The van der Waals surface area contributed by atoms with E-state index in [-0.39, 0.29) is 10.7 Å². The molecule has 0 unspecified atom stereocenters. The Morgan fingerprint density at radius 2 is 2.00 bits per heavy atom. The summed E-state index contributed by atoms with van der Waals surface area (Å²) in [6, 6.07) is 8.96. The van der Waals surface area contributed by atoms with Crippen molar-refractivity contribution in [3.63, 3.8) is 0 Å². The minimum Gasteiger partial charge on any atom is -0.464 e. The molecule has 18 heavy (non-hydrogen) atoms. The molecule has 0 aliphatic heterocycles. The first kappa shape index (κ1) is 12.9. The number of rotatable bonds is 2. The van der Waals surface area contributed by atoms with Crippen LogP contribution in [0.25, 0.3) is 11.1 Å². The number of carbonyl (C=O) groups excluding carboxylic acids is 1. The van der Waals surface area contributed by atoms with Gasteiger partial charge in [0.05, 0.1) is 12.1 Å². The summed E-state index contributed by atoms with van der Waals surface area (Å²) >= 11 is 11.9. The predicted molar refractivity (Wildman–Crippen MR) is 71.0 cm³/mol. The Morgan fingerprint density at radius 3 is 2.61 bits per heavy atom. The van der Waals surface area contributed by atoms with Gasteiger partial charge in [-0.3, -0.25) is 0 Å². The summed E-state index contributed by atoms with van der Waals surface area (Å²) in [5, 5.41) is 0.875. The zero-order chi connectivity index (χ0) is 13.1.